The van der Waals surface area contributed by atoms with Crippen molar-refractivity contribution in [2.45, 2.75) is 6.54 Å². The van der Waals surface area contributed by atoms with E-state index in [1.54, 1.807) is 17.1 Å². The number of rotatable bonds is 2. The fourth-order valence-corrected chi connectivity index (χ4v) is 1.07. The van der Waals surface area contributed by atoms with Gasteiger partial charge < -0.3 is 4.42 Å². The first-order chi connectivity index (χ1) is 6.38. The zero-order valence-electron chi connectivity index (χ0n) is 6.84. The van der Waals surface area contributed by atoms with E-state index in [0.717, 1.165) is 5.76 Å². The Bertz CT molecular complexity index is 422. The molecule has 2 heterocycles. The van der Waals surface area contributed by atoms with Gasteiger partial charge in [0.05, 0.1) is 24.6 Å². The van der Waals surface area contributed by atoms with Gasteiger partial charge in [0.15, 0.2) is 0 Å². The lowest BCUT2D eigenvalue weighted by Crippen LogP contribution is -1.97. The fraction of sp³-hybridized carbons (Fsp3) is 0.111. The van der Waals surface area contributed by atoms with Crippen molar-refractivity contribution >= 4 is 0 Å². The minimum atomic E-state index is 0.562. The monoisotopic (exact) mass is 173 g/mol. The molecule has 0 N–H and O–H groups in total. The predicted octanol–water partition coefficient (Wildman–Crippen LogP) is 1.40. The van der Waals surface area contributed by atoms with Gasteiger partial charge in [-0.05, 0) is 12.1 Å². The van der Waals surface area contributed by atoms with Crippen LogP contribution in [0.4, 0.5) is 0 Å². The smallest absolute Gasteiger partial charge is 0.125 e. The second-order valence-corrected chi connectivity index (χ2v) is 2.62. The molecular weight excluding hydrogens is 166 g/mol. The van der Waals surface area contributed by atoms with Crippen LogP contribution in [0.1, 0.15) is 11.3 Å². The van der Waals surface area contributed by atoms with E-state index in [1.165, 1.54) is 6.20 Å². The highest BCUT2D eigenvalue weighted by Crippen LogP contribution is 2.03. The van der Waals surface area contributed by atoms with Crippen LogP contribution in [0.2, 0.25) is 0 Å². The third kappa shape index (κ3) is 1.59. The van der Waals surface area contributed by atoms with Gasteiger partial charge >= 0.3 is 0 Å². The summed E-state index contributed by atoms with van der Waals surface area (Å²) in [5.74, 6) is 0.826. The summed E-state index contributed by atoms with van der Waals surface area (Å²) in [6.45, 7) is 0.564. The van der Waals surface area contributed by atoms with Crippen LogP contribution in [0.5, 0.6) is 0 Å². The summed E-state index contributed by atoms with van der Waals surface area (Å²) in [5.41, 5.74) is 0.562. The molecule has 2 rings (SSSR count). The molecule has 0 saturated heterocycles. The van der Waals surface area contributed by atoms with E-state index in [-0.39, 0.29) is 0 Å². The summed E-state index contributed by atoms with van der Waals surface area (Å²) in [7, 11) is 0. The van der Waals surface area contributed by atoms with Crippen molar-refractivity contribution in [1.29, 1.82) is 5.26 Å². The lowest BCUT2D eigenvalue weighted by molar-refractivity contribution is 0.480. The van der Waals surface area contributed by atoms with Crippen molar-refractivity contribution in [1.82, 2.24) is 9.78 Å². The molecule has 0 bridgehead atoms. The van der Waals surface area contributed by atoms with Crippen LogP contribution in [0, 0.1) is 11.3 Å². The number of furan rings is 1. The first-order valence-electron chi connectivity index (χ1n) is 3.83. The Morgan fingerprint density at radius 1 is 1.62 bits per heavy atom. The molecule has 0 aliphatic carbocycles. The Morgan fingerprint density at radius 2 is 2.54 bits per heavy atom. The van der Waals surface area contributed by atoms with Crippen LogP contribution in [-0.2, 0) is 6.54 Å². The highest BCUT2D eigenvalue weighted by molar-refractivity contribution is 5.21. The summed E-state index contributed by atoms with van der Waals surface area (Å²) >= 11 is 0. The molecule has 0 unspecified atom stereocenters. The number of nitriles is 1. The van der Waals surface area contributed by atoms with E-state index in [4.69, 9.17) is 9.68 Å². The fourth-order valence-electron chi connectivity index (χ4n) is 1.07. The molecule has 4 nitrogen and oxygen atoms in total. The van der Waals surface area contributed by atoms with Crippen LogP contribution in [-0.4, -0.2) is 9.78 Å². The number of nitrogens with zero attached hydrogens (tertiary/aromatic N) is 3. The largest absolute Gasteiger partial charge is 0.467 e. The van der Waals surface area contributed by atoms with Gasteiger partial charge in [0.1, 0.15) is 11.8 Å². The third-order valence-corrected chi connectivity index (χ3v) is 1.66. The molecule has 0 aliphatic rings. The van der Waals surface area contributed by atoms with Gasteiger partial charge in [0.2, 0.25) is 0 Å². The number of hydrogen-bond donors (Lipinski definition) is 0. The maximum atomic E-state index is 8.55. The van der Waals surface area contributed by atoms with E-state index in [2.05, 4.69) is 5.10 Å². The summed E-state index contributed by atoms with van der Waals surface area (Å²) < 4.78 is 6.80. The third-order valence-electron chi connectivity index (χ3n) is 1.66. The van der Waals surface area contributed by atoms with Gasteiger partial charge in [-0.15, -0.1) is 0 Å². The molecule has 0 fully saturated rings. The van der Waals surface area contributed by atoms with Crippen molar-refractivity contribution < 1.29 is 4.42 Å². The van der Waals surface area contributed by atoms with Crippen molar-refractivity contribution in [3.8, 4) is 6.07 Å². The molecule has 2 aromatic heterocycles. The predicted molar refractivity (Wildman–Crippen MR) is 44.8 cm³/mol. The zero-order chi connectivity index (χ0) is 9.10. The van der Waals surface area contributed by atoms with E-state index < -0.39 is 0 Å². The summed E-state index contributed by atoms with van der Waals surface area (Å²) in [5, 5.41) is 12.5. The molecule has 2 aromatic rings. The highest BCUT2D eigenvalue weighted by atomic mass is 16.3. The maximum Gasteiger partial charge on any atom is 0.125 e. The lowest BCUT2D eigenvalue weighted by atomic mass is 10.4. The molecule has 4 heteroatoms. The van der Waals surface area contributed by atoms with Gasteiger partial charge in [0.25, 0.3) is 0 Å². The van der Waals surface area contributed by atoms with Gasteiger partial charge in [-0.3, -0.25) is 4.68 Å². The molecular formula is C9H7N3O. The second-order valence-electron chi connectivity index (χ2n) is 2.62. The maximum absolute atomic E-state index is 8.55. The van der Waals surface area contributed by atoms with Crippen LogP contribution < -0.4 is 0 Å². The molecule has 0 aliphatic heterocycles. The van der Waals surface area contributed by atoms with Crippen LogP contribution in [0.25, 0.3) is 0 Å². The molecule has 0 atom stereocenters. The van der Waals surface area contributed by atoms with Crippen molar-refractivity contribution in [3.63, 3.8) is 0 Å². The normalized spacial score (nSPS) is 9.77. The molecule has 64 valence electrons. The van der Waals surface area contributed by atoms with Gasteiger partial charge in [0, 0.05) is 6.20 Å². The average Bonchev–Trinajstić information content (AvgIpc) is 2.76. The standard InChI is InChI=1S/C9H7N3O/c10-4-8-5-11-12(6-8)7-9-2-1-3-13-9/h1-3,5-6H,7H2. The average molecular weight is 173 g/mol. The SMILES string of the molecule is N#Cc1cnn(Cc2ccco2)c1. The first kappa shape index (κ1) is 7.62. The topological polar surface area (TPSA) is 54.8 Å². The molecule has 0 spiro atoms. The van der Waals surface area contributed by atoms with Gasteiger partial charge in [-0.25, -0.2) is 0 Å². The molecule has 0 amide bonds. The highest BCUT2D eigenvalue weighted by Gasteiger charge is 1.99. The van der Waals surface area contributed by atoms with E-state index in [9.17, 15) is 0 Å². The van der Waals surface area contributed by atoms with Crippen molar-refractivity contribution in [2.75, 3.05) is 0 Å². The zero-order valence-corrected chi connectivity index (χ0v) is 6.84. The second kappa shape index (κ2) is 3.15. The van der Waals surface area contributed by atoms with Crippen LogP contribution in [0.15, 0.2) is 35.2 Å². The quantitative estimate of drug-likeness (QED) is 0.689. The first-order valence-corrected chi connectivity index (χ1v) is 3.83. The van der Waals surface area contributed by atoms with E-state index in [1.807, 2.05) is 18.2 Å². The van der Waals surface area contributed by atoms with E-state index >= 15 is 0 Å². The Balaban J connectivity index is 2.15. The van der Waals surface area contributed by atoms with Crippen molar-refractivity contribution in [2.24, 2.45) is 0 Å². The van der Waals surface area contributed by atoms with Crippen molar-refractivity contribution in [3.05, 3.63) is 42.1 Å². The lowest BCUT2D eigenvalue weighted by Gasteiger charge is -1.95. The Kier molecular flexibility index (Phi) is 1.85. The van der Waals surface area contributed by atoms with Gasteiger partial charge in [-0.2, -0.15) is 10.4 Å². The van der Waals surface area contributed by atoms with Crippen LogP contribution >= 0.6 is 0 Å². The number of aromatic nitrogens is 2. The summed E-state index contributed by atoms with van der Waals surface area (Å²) in [4.78, 5) is 0. The molecule has 0 saturated carbocycles. The Morgan fingerprint density at radius 3 is 3.15 bits per heavy atom. The number of hydrogen-bond acceptors (Lipinski definition) is 3. The summed E-state index contributed by atoms with van der Waals surface area (Å²) in [6.07, 6.45) is 4.83. The Labute approximate surface area is 75.0 Å². The summed E-state index contributed by atoms with van der Waals surface area (Å²) in [6, 6.07) is 5.71. The van der Waals surface area contributed by atoms with Gasteiger partial charge in [-0.1, -0.05) is 0 Å². The molecule has 13 heavy (non-hydrogen) atoms. The molecule has 0 radical (unpaired) electrons. The van der Waals surface area contributed by atoms with E-state index in [0.29, 0.717) is 12.1 Å². The minimum absolute atomic E-state index is 0.562. The van der Waals surface area contributed by atoms with Crippen LogP contribution in [0.3, 0.4) is 0 Å². The minimum Gasteiger partial charge on any atom is -0.467 e. The molecule has 0 aromatic carbocycles. The Hall–Kier alpha value is -2.02.